The minimum absolute atomic E-state index is 0.00374. The molecule has 0 N–H and O–H groups in total. The third-order valence-corrected chi connectivity index (χ3v) is 7.55. The summed E-state index contributed by atoms with van der Waals surface area (Å²) < 4.78 is 0. The highest BCUT2D eigenvalue weighted by molar-refractivity contribution is 8.18. The maximum absolute atomic E-state index is 13.0. The number of nitrogens with zero attached hydrogens (tertiary/aromatic N) is 3. The van der Waals surface area contributed by atoms with Crippen molar-refractivity contribution in [1.29, 1.82) is 0 Å². The Bertz CT molecular complexity index is 1200. The first-order valence-corrected chi connectivity index (χ1v) is 11.7. The summed E-state index contributed by atoms with van der Waals surface area (Å²) in [5.41, 5.74) is 4.94. The molecule has 1 atom stereocenters. The van der Waals surface area contributed by atoms with Crippen molar-refractivity contribution in [1.82, 2.24) is 4.90 Å². The van der Waals surface area contributed by atoms with Gasteiger partial charge in [0.25, 0.3) is 16.8 Å². The number of amides is 2. The van der Waals surface area contributed by atoms with Gasteiger partial charge < -0.3 is 4.90 Å². The highest BCUT2D eigenvalue weighted by atomic mass is 32.2. The van der Waals surface area contributed by atoms with Crippen molar-refractivity contribution in [2.24, 2.45) is 0 Å². The number of hydrogen-bond acceptors (Lipinski definition) is 6. The molecule has 1 saturated heterocycles. The summed E-state index contributed by atoms with van der Waals surface area (Å²) in [4.78, 5) is 40.0. The van der Waals surface area contributed by atoms with E-state index >= 15 is 0 Å². The van der Waals surface area contributed by atoms with Crippen LogP contribution in [0.5, 0.6) is 0 Å². The molecule has 0 aromatic heterocycles. The van der Waals surface area contributed by atoms with Crippen molar-refractivity contribution in [2.45, 2.75) is 52.1 Å². The first kappa shape index (κ1) is 23.0. The van der Waals surface area contributed by atoms with Crippen LogP contribution in [0.25, 0.3) is 6.08 Å². The smallest absolute Gasteiger partial charge is 0.293 e. The first-order chi connectivity index (χ1) is 15.5. The minimum Gasteiger partial charge on any atom is -0.369 e. The average molecular weight is 466 g/mol. The van der Waals surface area contributed by atoms with Crippen LogP contribution in [0.4, 0.5) is 16.2 Å². The normalized spacial score (nSPS) is 21.0. The van der Waals surface area contributed by atoms with Crippen molar-refractivity contribution >= 4 is 40.4 Å². The lowest BCUT2D eigenvalue weighted by Gasteiger charge is -2.45. The molecule has 2 aliphatic heterocycles. The number of benzene rings is 2. The number of hydrogen-bond donors (Lipinski definition) is 0. The molecule has 7 nitrogen and oxygen atoms in total. The van der Waals surface area contributed by atoms with Gasteiger partial charge in [-0.2, -0.15) is 0 Å². The van der Waals surface area contributed by atoms with Gasteiger partial charge >= 0.3 is 0 Å². The minimum atomic E-state index is -0.490. The van der Waals surface area contributed by atoms with Crippen LogP contribution in [0.1, 0.15) is 55.4 Å². The zero-order valence-electron chi connectivity index (χ0n) is 19.4. The van der Waals surface area contributed by atoms with Gasteiger partial charge in [-0.05, 0) is 85.3 Å². The number of nitro benzene ring substituents is 1. The van der Waals surface area contributed by atoms with Gasteiger partial charge in [-0.15, -0.1) is 0 Å². The second-order valence-electron chi connectivity index (χ2n) is 9.44. The standard InChI is InChI=1S/C25H27N3O4S/c1-15-9-21-20(16(2)13-25(3,4)26(21)5)11-18(15)12-22-23(29)27(24(30)33-22)14-17-7-6-8-19(10-17)28(31)32/h6-12,16H,13-14H2,1-5H3/b22-12-. The largest absolute Gasteiger partial charge is 0.369 e. The lowest BCUT2D eigenvalue weighted by molar-refractivity contribution is -0.384. The Morgan fingerprint density at radius 1 is 1.24 bits per heavy atom. The molecule has 2 aliphatic rings. The van der Waals surface area contributed by atoms with E-state index in [9.17, 15) is 19.7 Å². The van der Waals surface area contributed by atoms with Crippen molar-refractivity contribution in [3.05, 3.63) is 73.7 Å². The van der Waals surface area contributed by atoms with Gasteiger partial charge in [0.1, 0.15) is 0 Å². The number of non-ortho nitro benzene ring substituents is 1. The Hall–Kier alpha value is -3.13. The van der Waals surface area contributed by atoms with Gasteiger partial charge in [-0.3, -0.25) is 24.6 Å². The molecule has 1 fully saturated rings. The Balaban J connectivity index is 1.62. The number of fused-ring (bicyclic) bond motifs is 1. The zero-order valence-corrected chi connectivity index (χ0v) is 20.2. The molecule has 0 bridgehead atoms. The van der Waals surface area contributed by atoms with E-state index in [0.717, 1.165) is 34.2 Å². The van der Waals surface area contributed by atoms with Crippen LogP contribution in [0.3, 0.4) is 0 Å². The summed E-state index contributed by atoms with van der Waals surface area (Å²) in [5, 5.41) is 10.7. The molecular weight excluding hydrogens is 438 g/mol. The molecular formula is C25H27N3O4S. The zero-order chi connectivity index (χ0) is 24.1. The Morgan fingerprint density at radius 2 is 1.97 bits per heavy atom. The van der Waals surface area contributed by atoms with E-state index in [1.807, 2.05) is 6.92 Å². The molecule has 8 heteroatoms. The number of thioether (sulfide) groups is 1. The molecule has 0 saturated carbocycles. The van der Waals surface area contributed by atoms with E-state index in [1.165, 1.54) is 23.4 Å². The molecule has 4 rings (SSSR count). The van der Waals surface area contributed by atoms with E-state index in [2.05, 4.69) is 44.9 Å². The Labute approximate surface area is 197 Å². The predicted octanol–water partition coefficient (Wildman–Crippen LogP) is 5.86. The van der Waals surface area contributed by atoms with Crippen LogP contribution < -0.4 is 4.90 Å². The van der Waals surface area contributed by atoms with E-state index in [1.54, 1.807) is 18.2 Å². The number of nitro groups is 1. The third kappa shape index (κ3) is 4.27. The molecule has 0 aliphatic carbocycles. The summed E-state index contributed by atoms with van der Waals surface area (Å²) in [5.74, 6) is 0.00260. The number of aryl methyl sites for hydroxylation is 1. The molecule has 2 amide bonds. The van der Waals surface area contributed by atoms with Crippen LogP contribution in [-0.2, 0) is 11.3 Å². The van der Waals surface area contributed by atoms with Crippen LogP contribution in [0.2, 0.25) is 0 Å². The van der Waals surface area contributed by atoms with Gasteiger partial charge in [0.15, 0.2) is 0 Å². The average Bonchev–Trinajstić information content (AvgIpc) is 3.00. The van der Waals surface area contributed by atoms with E-state index in [-0.39, 0.29) is 28.9 Å². The summed E-state index contributed by atoms with van der Waals surface area (Å²) in [6.07, 6.45) is 2.82. The highest BCUT2D eigenvalue weighted by Gasteiger charge is 2.37. The van der Waals surface area contributed by atoms with Crippen molar-refractivity contribution in [3.63, 3.8) is 0 Å². The molecule has 2 aromatic rings. The maximum Gasteiger partial charge on any atom is 0.293 e. The summed E-state index contributed by atoms with van der Waals surface area (Å²) in [6.45, 7) is 8.73. The van der Waals surface area contributed by atoms with Crippen molar-refractivity contribution in [3.8, 4) is 0 Å². The fourth-order valence-electron chi connectivity index (χ4n) is 4.62. The molecule has 2 aromatic carbocycles. The van der Waals surface area contributed by atoms with Gasteiger partial charge in [0.05, 0.1) is 16.4 Å². The van der Waals surface area contributed by atoms with Crippen LogP contribution in [0, 0.1) is 17.0 Å². The van der Waals surface area contributed by atoms with Gasteiger partial charge in [-0.1, -0.05) is 19.1 Å². The monoisotopic (exact) mass is 465 g/mol. The SMILES string of the molecule is Cc1cc2c(cc1/C=C1\SC(=O)N(Cc3cccc([N+](=O)[O-])c3)C1=O)C(C)CC(C)(C)N2C. The quantitative estimate of drug-likeness (QED) is 0.319. The van der Waals surface area contributed by atoms with E-state index < -0.39 is 4.92 Å². The molecule has 2 heterocycles. The summed E-state index contributed by atoms with van der Waals surface area (Å²) >= 11 is 0.908. The van der Waals surface area contributed by atoms with Crippen LogP contribution >= 0.6 is 11.8 Å². The molecule has 1 unspecified atom stereocenters. The number of imide groups is 1. The molecule has 172 valence electrons. The molecule has 0 radical (unpaired) electrons. The highest BCUT2D eigenvalue weighted by Crippen LogP contribution is 2.44. The lowest BCUT2D eigenvalue weighted by Crippen LogP contribution is -2.45. The fourth-order valence-corrected chi connectivity index (χ4v) is 5.45. The Morgan fingerprint density at radius 3 is 2.67 bits per heavy atom. The van der Waals surface area contributed by atoms with E-state index in [4.69, 9.17) is 0 Å². The number of anilines is 1. The maximum atomic E-state index is 13.0. The van der Waals surface area contributed by atoms with Crippen LogP contribution in [-0.4, -0.2) is 33.6 Å². The van der Waals surface area contributed by atoms with Gasteiger partial charge in [0.2, 0.25) is 0 Å². The van der Waals surface area contributed by atoms with Crippen LogP contribution in [0.15, 0.2) is 41.3 Å². The number of carbonyl (C=O) groups excluding carboxylic acids is 2. The predicted molar refractivity (Wildman–Crippen MR) is 131 cm³/mol. The Kier molecular flexibility index (Phi) is 5.82. The van der Waals surface area contributed by atoms with E-state index in [0.29, 0.717) is 16.4 Å². The van der Waals surface area contributed by atoms with Crippen molar-refractivity contribution in [2.75, 3.05) is 11.9 Å². The third-order valence-electron chi connectivity index (χ3n) is 6.64. The molecule has 0 spiro atoms. The summed E-state index contributed by atoms with van der Waals surface area (Å²) in [6, 6.07) is 10.3. The number of carbonyl (C=O) groups is 2. The first-order valence-electron chi connectivity index (χ1n) is 10.8. The fraction of sp³-hybridized carbons (Fsp3) is 0.360. The summed E-state index contributed by atoms with van der Waals surface area (Å²) in [7, 11) is 2.11. The van der Waals surface area contributed by atoms with Gasteiger partial charge in [0, 0.05) is 30.4 Å². The lowest BCUT2D eigenvalue weighted by atomic mass is 9.79. The molecule has 33 heavy (non-hydrogen) atoms. The van der Waals surface area contributed by atoms with Crippen molar-refractivity contribution < 1.29 is 14.5 Å². The van der Waals surface area contributed by atoms with Gasteiger partial charge in [-0.25, -0.2) is 0 Å². The number of rotatable bonds is 4. The second-order valence-corrected chi connectivity index (χ2v) is 10.4. The second kappa shape index (κ2) is 8.33. The topological polar surface area (TPSA) is 83.8 Å².